The van der Waals surface area contributed by atoms with Gasteiger partial charge in [0.2, 0.25) is 0 Å². The Morgan fingerprint density at radius 3 is 2.77 bits per heavy atom. The van der Waals surface area contributed by atoms with Crippen molar-refractivity contribution in [1.82, 2.24) is 0 Å². The number of rotatable bonds is 2. The van der Waals surface area contributed by atoms with E-state index >= 15 is 0 Å². The Labute approximate surface area is 160 Å². The van der Waals surface area contributed by atoms with Gasteiger partial charge in [-0.3, -0.25) is 9.59 Å². The van der Waals surface area contributed by atoms with Crippen LogP contribution in [0, 0.1) is 28.6 Å². The van der Waals surface area contributed by atoms with Crippen molar-refractivity contribution in [2.45, 2.75) is 70.4 Å². The van der Waals surface area contributed by atoms with E-state index in [1.807, 2.05) is 0 Å². The molecule has 0 aliphatic heterocycles. The van der Waals surface area contributed by atoms with Crippen LogP contribution >= 0.6 is 0 Å². The van der Waals surface area contributed by atoms with Crippen molar-refractivity contribution in [2.75, 3.05) is 6.61 Å². The molecule has 3 fully saturated rings. The molecule has 5 nitrogen and oxygen atoms in total. The Morgan fingerprint density at radius 2 is 2.08 bits per heavy atom. The van der Waals surface area contributed by atoms with E-state index in [1.165, 1.54) is 13.0 Å². The molecule has 144 valence electrons. The van der Waals surface area contributed by atoms with E-state index in [1.54, 1.807) is 6.92 Å². The molecule has 0 radical (unpaired) electrons. The molecule has 3 saturated carbocycles. The van der Waals surface area contributed by atoms with Gasteiger partial charge >= 0.3 is 0 Å². The molecular weight excluding hydrogens is 332 g/mol. The lowest BCUT2D eigenvalue weighted by atomic mass is 9.45. The Balaban J connectivity index is 1.97. The number of carbonyl (C=O) groups excluding carboxylic acids is 2. The third kappa shape index (κ3) is 2.14. The summed E-state index contributed by atoms with van der Waals surface area (Å²) in [4.78, 5) is 24.6. The maximum atomic E-state index is 12.6. The highest BCUT2D eigenvalue weighted by molar-refractivity contribution is 5.91. The summed E-state index contributed by atoms with van der Waals surface area (Å²) >= 11 is 0. The van der Waals surface area contributed by atoms with E-state index < -0.39 is 59.0 Å². The van der Waals surface area contributed by atoms with Crippen molar-refractivity contribution in [2.24, 2.45) is 28.6 Å². The van der Waals surface area contributed by atoms with Crippen LogP contribution in [0.1, 0.15) is 64.2 Å². The smallest absolute Gasteiger partial charge is 0.190 e. The zero-order valence-electron chi connectivity index (χ0n) is 19.3. The van der Waals surface area contributed by atoms with Crippen LogP contribution in [0.15, 0.2) is 11.6 Å². The van der Waals surface area contributed by atoms with Crippen molar-refractivity contribution < 1.29 is 30.4 Å². The van der Waals surface area contributed by atoms with E-state index in [0.717, 1.165) is 0 Å². The predicted molar refractivity (Wildman–Crippen MR) is 95.1 cm³/mol. The second kappa shape index (κ2) is 5.73. The summed E-state index contributed by atoms with van der Waals surface area (Å²) in [6, 6.07) is 0. The quantitative estimate of drug-likeness (QED) is 0.692. The van der Waals surface area contributed by atoms with Crippen LogP contribution in [-0.2, 0) is 9.59 Å². The van der Waals surface area contributed by atoms with E-state index in [2.05, 4.69) is 0 Å². The molecule has 5 heteroatoms. The summed E-state index contributed by atoms with van der Waals surface area (Å²) < 4.78 is 36.2. The molecule has 0 heterocycles. The second-order valence-corrected chi connectivity index (χ2v) is 8.79. The maximum Gasteiger partial charge on any atom is 0.190 e. The molecule has 0 aromatic heterocycles. The highest BCUT2D eigenvalue weighted by Crippen LogP contribution is 2.67. The first-order valence-electron chi connectivity index (χ1n) is 11.5. The van der Waals surface area contributed by atoms with Gasteiger partial charge in [0.1, 0.15) is 12.2 Å². The molecule has 3 N–H and O–H groups in total. The van der Waals surface area contributed by atoms with Crippen molar-refractivity contribution in [3.05, 3.63) is 11.6 Å². The maximum absolute atomic E-state index is 12.6. The van der Waals surface area contributed by atoms with Gasteiger partial charge in [0.25, 0.3) is 0 Å². The molecule has 4 aliphatic carbocycles. The first-order valence-corrected chi connectivity index (χ1v) is 9.49. The number of hydrogen-bond acceptors (Lipinski definition) is 5. The van der Waals surface area contributed by atoms with Gasteiger partial charge in [-0.15, -0.1) is 0 Å². The fraction of sp³-hybridized carbons (Fsp3) is 0.810. The number of carbonyl (C=O) groups is 2. The van der Waals surface area contributed by atoms with Gasteiger partial charge in [0.05, 0.1) is 7.45 Å². The molecule has 3 unspecified atom stereocenters. The van der Waals surface area contributed by atoms with Gasteiger partial charge in [-0.1, -0.05) is 19.4 Å². The summed E-state index contributed by atoms with van der Waals surface area (Å²) in [5, 5.41) is 32.3. The van der Waals surface area contributed by atoms with Crippen LogP contribution in [-0.4, -0.2) is 45.2 Å². The predicted octanol–water partition coefficient (Wildman–Crippen LogP) is 1.78. The number of hydrogen-bond donors (Lipinski definition) is 3. The van der Waals surface area contributed by atoms with E-state index in [0.29, 0.717) is 18.4 Å². The lowest BCUT2D eigenvalue weighted by Crippen LogP contribution is -2.62. The zero-order chi connectivity index (χ0) is 22.5. The number of ketones is 2. The van der Waals surface area contributed by atoms with Gasteiger partial charge in [-0.2, -0.15) is 0 Å². The van der Waals surface area contributed by atoms with Crippen LogP contribution in [0.3, 0.4) is 0 Å². The Kier molecular flexibility index (Phi) is 3.09. The Bertz CT molecular complexity index is 856. The SMILES string of the molecule is [2H]C1([2H])[C@]([2H])(O)C2([2H])[C@@H](CCC3=CC(=O)CC[C@@]32C)C2CCC(O)(C(=O)CO)[C@]21C. The second-order valence-electron chi connectivity index (χ2n) is 8.79. The monoisotopic (exact) mass is 366 g/mol. The number of allylic oxidation sites excluding steroid dienone is 1. The number of fused-ring (bicyclic) bond motifs is 5. The van der Waals surface area contributed by atoms with E-state index in [9.17, 15) is 26.3 Å². The highest BCUT2D eigenvalue weighted by Gasteiger charge is 2.68. The minimum absolute atomic E-state index is 0.0644. The van der Waals surface area contributed by atoms with Crippen LogP contribution in [0.4, 0.5) is 0 Å². The van der Waals surface area contributed by atoms with Gasteiger partial charge in [0, 0.05) is 15.9 Å². The summed E-state index contributed by atoms with van der Waals surface area (Å²) in [6.07, 6.45) is -2.86. The largest absolute Gasteiger partial charge is 0.393 e. The summed E-state index contributed by atoms with van der Waals surface area (Å²) in [5.41, 5.74) is -4.47. The van der Waals surface area contributed by atoms with Gasteiger partial charge in [-0.05, 0) is 67.7 Å². The normalized spacial score (nSPS) is 60.3. The van der Waals surface area contributed by atoms with Crippen LogP contribution in [0.2, 0.25) is 0 Å². The van der Waals surface area contributed by atoms with Crippen molar-refractivity contribution in [1.29, 1.82) is 0 Å². The first-order chi connectivity index (χ1) is 13.7. The molecule has 0 bridgehead atoms. The lowest BCUT2D eigenvalue weighted by molar-refractivity contribution is -0.182. The fourth-order valence-corrected chi connectivity index (χ4v) is 6.21. The van der Waals surface area contributed by atoms with Crippen molar-refractivity contribution in [3.8, 4) is 0 Å². The van der Waals surface area contributed by atoms with Crippen molar-refractivity contribution in [3.63, 3.8) is 0 Å². The topological polar surface area (TPSA) is 94.8 Å². The standard InChI is InChI=1S/C21H30O5/c1-19-7-5-13(23)9-12(19)3-4-14-15-6-8-21(26,17(25)11-22)20(15,2)10-16(24)18(14)19/h9,14-16,18,22,24,26H,3-8,10-11H2,1-2H3/t14-,15?,16-,18?,19-,20-,21?/m0/s1/i10D2,16D,18D. The van der Waals surface area contributed by atoms with Gasteiger partial charge in [0.15, 0.2) is 11.6 Å². The molecular formula is C21H30O5. The first kappa shape index (κ1) is 14.0. The minimum atomic E-state index is -2.96. The molecule has 4 aliphatic rings. The van der Waals surface area contributed by atoms with Gasteiger partial charge < -0.3 is 15.3 Å². The molecule has 4 rings (SSSR count). The number of Topliss-reactive ketones (excluding diaryl/α,β-unsaturated/α-hetero) is 1. The summed E-state index contributed by atoms with van der Waals surface area (Å²) in [5.74, 6) is -4.23. The molecule has 26 heavy (non-hydrogen) atoms. The van der Waals surface area contributed by atoms with Crippen LogP contribution < -0.4 is 0 Å². The van der Waals surface area contributed by atoms with E-state index in [4.69, 9.17) is 4.11 Å². The molecule has 0 aromatic rings. The van der Waals surface area contributed by atoms with Gasteiger partial charge in [-0.25, -0.2) is 0 Å². The Hall–Kier alpha value is -1.04. The third-order valence-corrected chi connectivity index (χ3v) is 7.75. The lowest BCUT2D eigenvalue weighted by Gasteiger charge is -2.60. The summed E-state index contributed by atoms with van der Waals surface area (Å²) in [6.45, 7) is 2.16. The zero-order valence-corrected chi connectivity index (χ0v) is 15.3. The average molecular weight is 366 g/mol. The van der Waals surface area contributed by atoms with Crippen LogP contribution in [0.5, 0.6) is 0 Å². The molecule has 0 aromatic carbocycles. The highest BCUT2D eigenvalue weighted by atomic mass is 16.3. The summed E-state index contributed by atoms with van der Waals surface area (Å²) in [7, 11) is 0. The minimum Gasteiger partial charge on any atom is -0.393 e. The van der Waals surface area contributed by atoms with E-state index in [-0.39, 0.29) is 31.5 Å². The molecule has 0 spiro atoms. The molecule has 0 saturated heterocycles. The molecule has 7 atom stereocenters. The van der Waals surface area contributed by atoms with Crippen LogP contribution in [0.25, 0.3) is 0 Å². The number of aliphatic hydroxyl groups is 3. The fourth-order valence-electron chi connectivity index (χ4n) is 6.21. The number of aliphatic hydroxyl groups excluding tert-OH is 1. The van der Waals surface area contributed by atoms with Crippen molar-refractivity contribution >= 4 is 11.6 Å². The Morgan fingerprint density at radius 1 is 1.35 bits per heavy atom. The average Bonchev–Trinajstić information content (AvgIpc) is 2.96. The molecule has 0 amide bonds. The third-order valence-electron chi connectivity index (χ3n) is 7.75.